The molecule has 0 unspecified atom stereocenters. The van der Waals surface area contributed by atoms with Gasteiger partial charge in [0.05, 0.1) is 29.5 Å². The highest BCUT2D eigenvalue weighted by Gasteiger charge is 2.22. The normalized spacial score (nSPS) is 16.2. The molecule has 0 saturated carbocycles. The molecule has 1 saturated heterocycles. The standard InChI is InChI=1S/C21H18FN7S/c1-13-17(11-27-29(13)16-4-6-24-10-16)14-7-19(30-21-18(22)3-2-5-25-21)20-15(8-23)9-26-28(20)12-14/h2-3,5,7,9,11-12,16,24H,4,6,10H2,1H3/t16-/m0/s1. The Bertz CT molecular complexity index is 1280. The molecular formula is C21H18FN7S. The molecule has 0 bridgehead atoms. The summed E-state index contributed by atoms with van der Waals surface area (Å²) in [5, 5.41) is 22.1. The van der Waals surface area contributed by atoms with E-state index < -0.39 is 5.82 Å². The second-order valence-electron chi connectivity index (χ2n) is 7.18. The number of halogens is 1. The lowest BCUT2D eigenvalue weighted by atomic mass is 10.1. The first-order valence-corrected chi connectivity index (χ1v) is 10.4. The molecule has 7 nitrogen and oxygen atoms in total. The number of hydrogen-bond donors (Lipinski definition) is 1. The summed E-state index contributed by atoms with van der Waals surface area (Å²) in [7, 11) is 0. The van der Waals surface area contributed by atoms with Crippen molar-refractivity contribution >= 4 is 17.3 Å². The van der Waals surface area contributed by atoms with Gasteiger partial charge in [0.2, 0.25) is 0 Å². The largest absolute Gasteiger partial charge is 0.315 e. The van der Waals surface area contributed by atoms with E-state index in [-0.39, 0.29) is 5.03 Å². The molecule has 0 radical (unpaired) electrons. The quantitative estimate of drug-likeness (QED) is 0.544. The van der Waals surface area contributed by atoms with Gasteiger partial charge in [0, 0.05) is 40.7 Å². The molecule has 30 heavy (non-hydrogen) atoms. The van der Waals surface area contributed by atoms with Crippen LogP contribution in [0.4, 0.5) is 4.39 Å². The van der Waals surface area contributed by atoms with Crippen molar-refractivity contribution in [2.24, 2.45) is 0 Å². The van der Waals surface area contributed by atoms with Gasteiger partial charge in [0.25, 0.3) is 0 Å². The molecule has 1 fully saturated rings. The van der Waals surface area contributed by atoms with Crippen LogP contribution >= 0.6 is 11.8 Å². The molecule has 5 rings (SSSR count). The Morgan fingerprint density at radius 2 is 2.23 bits per heavy atom. The van der Waals surface area contributed by atoms with E-state index in [1.807, 2.05) is 18.5 Å². The van der Waals surface area contributed by atoms with Gasteiger partial charge in [-0.3, -0.25) is 4.68 Å². The number of nitriles is 1. The van der Waals surface area contributed by atoms with Gasteiger partial charge in [-0.05, 0) is 38.1 Å². The zero-order valence-electron chi connectivity index (χ0n) is 16.2. The first-order chi connectivity index (χ1) is 14.7. The number of hydrogen-bond acceptors (Lipinski definition) is 6. The zero-order chi connectivity index (χ0) is 20.7. The molecular weight excluding hydrogens is 401 g/mol. The Hall–Kier alpha value is -3.22. The highest BCUT2D eigenvalue weighted by molar-refractivity contribution is 7.99. The van der Waals surface area contributed by atoms with E-state index in [1.54, 1.807) is 16.8 Å². The molecule has 1 N–H and O–H groups in total. The lowest BCUT2D eigenvalue weighted by Crippen LogP contribution is -2.15. The molecule has 0 aromatic carbocycles. The third-order valence-electron chi connectivity index (χ3n) is 5.36. The molecule has 0 aliphatic carbocycles. The Morgan fingerprint density at radius 3 is 3.00 bits per heavy atom. The maximum Gasteiger partial charge on any atom is 0.155 e. The summed E-state index contributed by atoms with van der Waals surface area (Å²) in [6.45, 7) is 3.96. The number of pyridine rings is 2. The predicted octanol–water partition coefficient (Wildman–Crippen LogP) is 3.60. The van der Waals surface area contributed by atoms with Crippen LogP contribution in [-0.2, 0) is 0 Å². The number of rotatable bonds is 4. The van der Waals surface area contributed by atoms with E-state index in [4.69, 9.17) is 0 Å². The number of aromatic nitrogens is 5. The third-order valence-corrected chi connectivity index (χ3v) is 6.39. The van der Waals surface area contributed by atoms with Gasteiger partial charge in [-0.15, -0.1) is 0 Å². The topological polar surface area (TPSA) is 83.8 Å². The molecule has 1 atom stereocenters. The summed E-state index contributed by atoms with van der Waals surface area (Å²) in [6, 6.07) is 7.40. The minimum absolute atomic E-state index is 0.256. The van der Waals surface area contributed by atoms with Gasteiger partial charge < -0.3 is 5.32 Å². The van der Waals surface area contributed by atoms with E-state index in [1.165, 1.54) is 24.0 Å². The Balaban J connectivity index is 1.64. The van der Waals surface area contributed by atoms with Crippen LogP contribution in [0.5, 0.6) is 0 Å². The van der Waals surface area contributed by atoms with Crippen molar-refractivity contribution in [1.82, 2.24) is 29.7 Å². The monoisotopic (exact) mass is 419 g/mol. The van der Waals surface area contributed by atoms with Crippen molar-refractivity contribution in [3.05, 3.63) is 60.1 Å². The summed E-state index contributed by atoms with van der Waals surface area (Å²) in [5.74, 6) is -0.401. The fraction of sp³-hybridized carbons (Fsp3) is 0.238. The molecule has 5 heterocycles. The Morgan fingerprint density at radius 1 is 1.33 bits per heavy atom. The van der Waals surface area contributed by atoms with Crippen LogP contribution in [0.1, 0.15) is 23.7 Å². The van der Waals surface area contributed by atoms with Gasteiger partial charge in [-0.1, -0.05) is 11.8 Å². The van der Waals surface area contributed by atoms with Crippen molar-refractivity contribution in [2.75, 3.05) is 13.1 Å². The summed E-state index contributed by atoms with van der Waals surface area (Å²) in [4.78, 5) is 4.87. The second-order valence-corrected chi connectivity index (χ2v) is 8.21. The van der Waals surface area contributed by atoms with Crippen LogP contribution in [0.15, 0.2) is 52.9 Å². The summed E-state index contributed by atoms with van der Waals surface area (Å²) in [6.07, 6.45) is 7.87. The fourth-order valence-electron chi connectivity index (χ4n) is 3.86. The highest BCUT2D eigenvalue weighted by Crippen LogP contribution is 2.36. The Labute approximate surface area is 176 Å². The average molecular weight is 419 g/mol. The average Bonchev–Trinajstić information content (AvgIpc) is 3.48. The molecule has 150 valence electrons. The van der Waals surface area contributed by atoms with Crippen molar-refractivity contribution in [3.8, 4) is 17.2 Å². The van der Waals surface area contributed by atoms with Gasteiger partial charge in [-0.2, -0.15) is 15.5 Å². The molecule has 0 spiro atoms. The smallest absolute Gasteiger partial charge is 0.155 e. The maximum atomic E-state index is 14.3. The molecule has 1 aliphatic heterocycles. The molecule has 4 aromatic rings. The molecule has 0 amide bonds. The van der Waals surface area contributed by atoms with E-state index >= 15 is 0 Å². The highest BCUT2D eigenvalue weighted by atomic mass is 32.2. The van der Waals surface area contributed by atoms with Crippen LogP contribution in [0.2, 0.25) is 0 Å². The van der Waals surface area contributed by atoms with Crippen LogP contribution in [0.25, 0.3) is 16.6 Å². The lowest BCUT2D eigenvalue weighted by Gasteiger charge is -2.13. The maximum absolute atomic E-state index is 14.3. The fourth-order valence-corrected chi connectivity index (χ4v) is 4.84. The van der Waals surface area contributed by atoms with Crippen LogP contribution in [0.3, 0.4) is 0 Å². The molecule has 1 aliphatic rings. The molecule has 9 heteroatoms. The van der Waals surface area contributed by atoms with E-state index in [0.717, 1.165) is 36.3 Å². The minimum atomic E-state index is -0.401. The SMILES string of the molecule is Cc1c(-c2cc(Sc3ncccc3F)c3c(C#N)cnn3c2)cnn1[C@H]1CCNC1. The summed E-state index contributed by atoms with van der Waals surface area (Å²) in [5.41, 5.74) is 4.03. The lowest BCUT2D eigenvalue weighted by molar-refractivity contribution is 0.480. The van der Waals surface area contributed by atoms with Crippen LogP contribution in [0, 0.1) is 24.1 Å². The predicted molar refractivity (Wildman–Crippen MR) is 111 cm³/mol. The second kappa shape index (κ2) is 7.55. The van der Waals surface area contributed by atoms with Crippen molar-refractivity contribution in [2.45, 2.75) is 29.3 Å². The van der Waals surface area contributed by atoms with Gasteiger partial charge in [-0.25, -0.2) is 13.9 Å². The van der Waals surface area contributed by atoms with Crippen LogP contribution < -0.4 is 5.32 Å². The van der Waals surface area contributed by atoms with Crippen LogP contribution in [-0.4, -0.2) is 37.5 Å². The minimum Gasteiger partial charge on any atom is -0.315 e. The zero-order valence-corrected chi connectivity index (χ0v) is 17.0. The third kappa shape index (κ3) is 3.14. The van der Waals surface area contributed by atoms with Crippen molar-refractivity contribution in [1.29, 1.82) is 5.26 Å². The van der Waals surface area contributed by atoms with E-state index in [9.17, 15) is 9.65 Å². The van der Waals surface area contributed by atoms with E-state index in [0.29, 0.717) is 22.0 Å². The van der Waals surface area contributed by atoms with Gasteiger partial charge in [0.15, 0.2) is 5.82 Å². The first-order valence-electron chi connectivity index (χ1n) is 9.60. The molecule has 4 aromatic heterocycles. The summed E-state index contributed by atoms with van der Waals surface area (Å²) < 4.78 is 18.0. The van der Waals surface area contributed by atoms with Gasteiger partial charge in [0.1, 0.15) is 11.1 Å². The Kier molecular flexibility index (Phi) is 4.73. The van der Waals surface area contributed by atoms with Gasteiger partial charge >= 0.3 is 0 Å². The van der Waals surface area contributed by atoms with E-state index in [2.05, 4.69) is 38.2 Å². The van der Waals surface area contributed by atoms with Crippen molar-refractivity contribution in [3.63, 3.8) is 0 Å². The number of fused-ring (bicyclic) bond motifs is 1. The first kappa shape index (κ1) is 18.8. The number of nitrogens with one attached hydrogen (secondary N) is 1. The number of nitrogens with zero attached hydrogens (tertiary/aromatic N) is 6. The van der Waals surface area contributed by atoms with Crippen molar-refractivity contribution < 1.29 is 4.39 Å². The summed E-state index contributed by atoms with van der Waals surface area (Å²) >= 11 is 1.19.